The summed E-state index contributed by atoms with van der Waals surface area (Å²) in [7, 11) is -4.17. The summed E-state index contributed by atoms with van der Waals surface area (Å²) in [5, 5.41) is 19.4. The zero-order valence-corrected chi connectivity index (χ0v) is 18.0. The maximum atomic E-state index is 13.3. The van der Waals surface area contributed by atoms with E-state index in [0.717, 1.165) is 21.2 Å². The molecule has 1 amide bonds. The van der Waals surface area contributed by atoms with E-state index in [0.29, 0.717) is 17.0 Å². The number of carbonyl (C=O) groups is 1. The van der Waals surface area contributed by atoms with Crippen molar-refractivity contribution in [3.8, 4) is 16.5 Å². The molecule has 1 aliphatic heterocycles. The Balaban J connectivity index is 1.98. The number of benzene rings is 1. The standard InChI is InChI=1S/C19H19N5O5S2/c1-2-21-23-9-10-24(18(15(23)12-25)19(26)22-27)31(28,29)17-8-7-16(30-17)14-5-3-13(11-20)4-6-14/h3-8,18,21,27H,2,9-10H2,1H3,(H,22,26)/t18-/m1/s1. The molecule has 0 radical (unpaired) electrons. The van der Waals surface area contributed by atoms with Gasteiger partial charge < -0.3 is 0 Å². The van der Waals surface area contributed by atoms with Gasteiger partial charge >= 0.3 is 0 Å². The smallest absolute Gasteiger partial charge is 0.268 e. The normalized spacial score (nSPS) is 17.1. The first-order valence-corrected chi connectivity index (χ1v) is 11.4. The van der Waals surface area contributed by atoms with Gasteiger partial charge in [0, 0.05) is 24.5 Å². The molecule has 12 heteroatoms. The first-order valence-electron chi connectivity index (χ1n) is 9.19. The van der Waals surface area contributed by atoms with Crippen LogP contribution in [0.3, 0.4) is 0 Å². The van der Waals surface area contributed by atoms with Crippen molar-refractivity contribution in [1.29, 1.82) is 5.26 Å². The molecule has 3 rings (SSSR count). The summed E-state index contributed by atoms with van der Waals surface area (Å²) in [6.07, 6.45) is 0. The van der Waals surface area contributed by atoms with Crippen molar-refractivity contribution in [2.75, 3.05) is 19.6 Å². The van der Waals surface area contributed by atoms with Gasteiger partial charge in [0.1, 0.15) is 15.8 Å². The van der Waals surface area contributed by atoms with Gasteiger partial charge in [-0.05, 0) is 29.8 Å². The van der Waals surface area contributed by atoms with Gasteiger partial charge in [-0.15, -0.1) is 11.3 Å². The van der Waals surface area contributed by atoms with Crippen molar-refractivity contribution in [3.63, 3.8) is 0 Å². The average molecular weight is 462 g/mol. The number of thiophene rings is 1. The van der Waals surface area contributed by atoms with E-state index < -0.39 is 22.0 Å². The first-order chi connectivity index (χ1) is 14.9. The molecule has 1 atom stereocenters. The topological polar surface area (TPSA) is 143 Å². The van der Waals surface area contributed by atoms with Gasteiger partial charge in [0.2, 0.25) is 0 Å². The molecule has 1 fully saturated rings. The van der Waals surface area contributed by atoms with E-state index in [1.54, 1.807) is 43.2 Å². The average Bonchev–Trinajstić information content (AvgIpc) is 3.29. The fraction of sp³-hybridized carbons (Fsp3) is 0.263. The second-order valence-corrected chi connectivity index (χ2v) is 9.65. The van der Waals surface area contributed by atoms with Gasteiger partial charge in [0.05, 0.1) is 11.6 Å². The Morgan fingerprint density at radius 3 is 2.55 bits per heavy atom. The van der Waals surface area contributed by atoms with Crippen molar-refractivity contribution in [1.82, 2.24) is 20.2 Å². The molecule has 0 saturated carbocycles. The van der Waals surface area contributed by atoms with Gasteiger partial charge in [-0.1, -0.05) is 19.1 Å². The highest BCUT2D eigenvalue weighted by molar-refractivity contribution is 7.91. The lowest BCUT2D eigenvalue weighted by Crippen LogP contribution is -2.61. The fourth-order valence-corrected chi connectivity index (χ4v) is 6.20. The molecule has 0 spiro atoms. The molecule has 3 N–H and O–H groups in total. The summed E-state index contributed by atoms with van der Waals surface area (Å²) < 4.78 is 27.5. The molecule has 10 nitrogen and oxygen atoms in total. The molecular weight excluding hydrogens is 442 g/mol. The maximum absolute atomic E-state index is 13.3. The fourth-order valence-electron chi connectivity index (χ4n) is 3.21. The Bertz CT molecular complexity index is 1160. The van der Waals surface area contributed by atoms with E-state index >= 15 is 0 Å². The first kappa shape index (κ1) is 22.6. The molecular formula is C19H19N5O5S2. The number of carbonyl (C=O) groups excluding carboxylic acids is 2. The van der Waals surface area contributed by atoms with Gasteiger partial charge in [-0.25, -0.2) is 24.1 Å². The minimum Gasteiger partial charge on any atom is -0.299 e. The quantitative estimate of drug-likeness (QED) is 0.324. The van der Waals surface area contributed by atoms with Crippen LogP contribution in [0.25, 0.3) is 10.4 Å². The van der Waals surface area contributed by atoms with Crippen molar-refractivity contribution in [2.24, 2.45) is 0 Å². The Morgan fingerprint density at radius 1 is 1.26 bits per heavy atom. The third kappa shape index (κ3) is 4.38. The van der Waals surface area contributed by atoms with E-state index in [-0.39, 0.29) is 23.0 Å². The number of hydrogen-bond acceptors (Lipinski definition) is 9. The van der Waals surface area contributed by atoms with Crippen LogP contribution in [0.1, 0.15) is 12.5 Å². The van der Waals surface area contributed by atoms with Crippen molar-refractivity contribution in [2.45, 2.75) is 17.2 Å². The van der Waals surface area contributed by atoms with Crippen LogP contribution in [0.4, 0.5) is 0 Å². The molecule has 31 heavy (non-hydrogen) atoms. The number of hydroxylamine groups is 1. The van der Waals surface area contributed by atoms with Crippen LogP contribution in [0.2, 0.25) is 0 Å². The van der Waals surface area contributed by atoms with Crippen molar-refractivity contribution in [3.05, 3.63) is 47.7 Å². The number of nitrogens with one attached hydrogen (secondary N) is 2. The van der Waals surface area contributed by atoms with E-state index in [2.05, 4.69) is 5.43 Å². The summed E-state index contributed by atoms with van der Waals surface area (Å²) in [6.45, 7) is 2.23. The van der Waals surface area contributed by atoms with Crippen LogP contribution in [0.5, 0.6) is 0 Å². The molecule has 2 aromatic rings. The number of sulfonamides is 1. The van der Waals surface area contributed by atoms with E-state index in [4.69, 9.17) is 10.5 Å². The van der Waals surface area contributed by atoms with Crippen LogP contribution in [0.15, 0.2) is 46.3 Å². The molecule has 1 aliphatic rings. The lowest BCUT2D eigenvalue weighted by Gasteiger charge is -2.40. The predicted octanol–water partition coefficient (Wildman–Crippen LogP) is 0.707. The number of hydrogen-bond donors (Lipinski definition) is 3. The summed E-state index contributed by atoms with van der Waals surface area (Å²) in [5.74, 6) is 0.567. The SMILES string of the molecule is CCNN1CCN(S(=O)(=O)c2ccc(-c3ccc(C#N)cc3)s2)[C@@H](C(=O)NO)C1=C=O. The highest BCUT2D eigenvalue weighted by atomic mass is 32.2. The number of amides is 1. The number of piperazine rings is 1. The van der Waals surface area contributed by atoms with Crippen molar-refractivity contribution < 1.29 is 23.2 Å². The third-order valence-corrected chi connectivity index (χ3v) is 8.10. The molecule has 0 unspecified atom stereocenters. The summed E-state index contributed by atoms with van der Waals surface area (Å²) in [4.78, 5) is 24.6. The highest BCUT2D eigenvalue weighted by Gasteiger charge is 2.44. The zero-order chi connectivity index (χ0) is 22.6. The van der Waals surface area contributed by atoms with Gasteiger partial charge in [0.25, 0.3) is 15.9 Å². The number of nitriles is 1. The number of nitrogens with zero attached hydrogens (tertiary/aromatic N) is 3. The Labute approximate surface area is 183 Å². The van der Waals surface area contributed by atoms with Crippen LogP contribution in [-0.2, 0) is 19.6 Å². The van der Waals surface area contributed by atoms with Crippen LogP contribution < -0.4 is 10.9 Å². The minimum atomic E-state index is -4.17. The molecule has 0 bridgehead atoms. The van der Waals surface area contributed by atoms with Crippen LogP contribution >= 0.6 is 11.3 Å². The maximum Gasteiger partial charge on any atom is 0.268 e. The predicted molar refractivity (Wildman–Crippen MR) is 112 cm³/mol. The van der Waals surface area contributed by atoms with E-state index in [1.165, 1.54) is 16.6 Å². The molecule has 0 aliphatic carbocycles. The largest absolute Gasteiger partial charge is 0.299 e. The monoisotopic (exact) mass is 461 g/mol. The van der Waals surface area contributed by atoms with Gasteiger partial charge in [-0.3, -0.25) is 15.0 Å². The van der Waals surface area contributed by atoms with Crippen LogP contribution in [0, 0.1) is 11.3 Å². The van der Waals surface area contributed by atoms with E-state index in [1.807, 2.05) is 6.07 Å². The number of hydrazine groups is 1. The Hall–Kier alpha value is -3.04. The zero-order valence-electron chi connectivity index (χ0n) is 16.4. The Morgan fingerprint density at radius 2 is 1.97 bits per heavy atom. The molecule has 2 heterocycles. The highest BCUT2D eigenvalue weighted by Crippen LogP contribution is 2.34. The molecule has 1 saturated heterocycles. The molecule has 1 aromatic carbocycles. The minimum absolute atomic E-state index is 0.0234. The summed E-state index contributed by atoms with van der Waals surface area (Å²) >= 11 is 0.997. The lowest BCUT2D eigenvalue weighted by molar-refractivity contribution is -0.133. The second kappa shape index (κ2) is 9.40. The Kier molecular flexibility index (Phi) is 6.87. The second-order valence-electron chi connectivity index (χ2n) is 6.45. The van der Waals surface area contributed by atoms with Crippen LogP contribution in [-0.4, -0.2) is 60.5 Å². The summed E-state index contributed by atoms with van der Waals surface area (Å²) in [6, 6.07) is 10.2. The van der Waals surface area contributed by atoms with Gasteiger partial charge in [-0.2, -0.15) is 9.57 Å². The number of rotatable bonds is 6. The van der Waals surface area contributed by atoms with Crippen molar-refractivity contribution >= 4 is 33.2 Å². The summed E-state index contributed by atoms with van der Waals surface area (Å²) in [5.41, 5.74) is 5.28. The molecule has 1 aromatic heterocycles. The van der Waals surface area contributed by atoms with Gasteiger partial charge in [0.15, 0.2) is 6.04 Å². The lowest BCUT2D eigenvalue weighted by atomic mass is 10.1. The van der Waals surface area contributed by atoms with E-state index in [9.17, 15) is 18.0 Å². The third-order valence-electron chi connectivity index (χ3n) is 4.64. The molecule has 162 valence electrons.